The number of benzene rings is 2. The van der Waals surface area contributed by atoms with Gasteiger partial charge in [-0.3, -0.25) is 4.79 Å². The molecule has 0 heterocycles. The number of ether oxygens (including phenoxy) is 3. The smallest absolute Gasteiger partial charge is 0.243 e. The minimum Gasteiger partial charge on any atom is -0.497 e. The second-order valence-corrected chi connectivity index (χ2v) is 8.05. The summed E-state index contributed by atoms with van der Waals surface area (Å²) in [4.78, 5) is 12.6. The van der Waals surface area contributed by atoms with Crippen LogP contribution >= 0.6 is 0 Å². The Kier molecular flexibility index (Phi) is 7.86. The third kappa shape index (κ3) is 5.85. The first-order valence-electron chi connectivity index (χ1n) is 9.11. The van der Waals surface area contributed by atoms with Gasteiger partial charge in [-0.05, 0) is 50.2 Å². The Labute approximate surface area is 171 Å². The lowest BCUT2D eigenvalue weighted by molar-refractivity contribution is -0.116. The summed E-state index contributed by atoms with van der Waals surface area (Å²) in [6.45, 7) is 4.22. The summed E-state index contributed by atoms with van der Waals surface area (Å²) in [6, 6.07) is 11.0. The minimum atomic E-state index is -3.83. The molecule has 0 aliphatic carbocycles. The maximum absolute atomic E-state index is 12.7. The number of rotatable bonds is 10. The van der Waals surface area contributed by atoms with E-state index >= 15 is 0 Å². The quantitative estimate of drug-likeness (QED) is 0.633. The number of methoxy groups -OCH3 is 1. The van der Waals surface area contributed by atoms with E-state index in [9.17, 15) is 13.2 Å². The van der Waals surface area contributed by atoms with Gasteiger partial charge in [-0.1, -0.05) is 0 Å². The lowest BCUT2D eigenvalue weighted by atomic mass is 10.2. The van der Waals surface area contributed by atoms with Gasteiger partial charge in [0.15, 0.2) is 0 Å². The van der Waals surface area contributed by atoms with Crippen molar-refractivity contribution >= 4 is 21.6 Å². The number of nitrogens with zero attached hydrogens (tertiary/aromatic N) is 1. The van der Waals surface area contributed by atoms with Gasteiger partial charge in [0.25, 0.3) is 0 Å². The first-order chi connectivity index (χ1) is 13.8. The fraction of sp³-hybridized carbons (Fsp3) is 0.350. The highest BCUT2D eigenvalue weighted by molar-refractivity contribution is 7.89. The number of anilines is 1. The van der Waals surface area contributed by atoms with Gasteiger partial charge in [0.1, 0.15) is 17.2 Å². The molecule has 0 aliphatic heterocycles. The molecule has 29 heavy (non-hydrogen) atoms. The van der Waals surface area contributed by atoms with Crippen LogP contribution in [0.2, 0.25) is 0 Å². The summed E-state index contributed by atoms with van der Waals surface area (Å²) in [5.74, 6) is 1.09. The highest BCUT2D eigenvalue weighted by atomic mass is 32.2. The van der Waals surface area contributed by atoms with Gasteiger partial charge >= 0.3 is 0 Å². The highest BCUT2D eigenvalue weighted by Gasteiger charge is 2.23. The molecule has 0 unspecified atom stereocenters. The van der Waals surface area contributed by atoms with Crippen LogP contribution in [0.4, 0.5) is 5.69 Å². The van der Waals surface area contributed by atoms with Crippen LogP contribution in [-0.2, 0) is 14.8 Å². The predicted molar refractivity (Wildman–Crippen MR) is 110 cm³/mol. The Morgan fingerprint density at radius 1 is 1.00 bits per heavy atom. The first kappa shape index (κ1) is 22.5. The molecule has 0 radical (unpaired) electrons. The number of carbonyl (C=O) groups excluding carboxylic acids is 1. The monoisotopic (exact) mass is 422 g/mol. The molecule has 0 spiro atoms. The number of sulfonamides is 1. The maximum atomic E-state index is 12.7. The van der Waals surface area contributed by atoms with Crippen molar-refractivity contribution in [3.8, 4) is 17.2 Å². The largest absolute Gasteiger partial charge is 0.497 e. The number of carbonyl (C=O) groups is 1. The molecular formula is C20H26N2O6S. The number of nitrogens with one attached hydrogen (secondary N) is 1. The molecule has 0 atom stereocenters. The Morgan fingerprint density at radius 3 is 2.21 bits per heavy atom. The molecule has 0 saturated heterocycles. The molecule has 0 aliphatic rings. The molecule has 0 aromatic heterocycles. The van der Waals surface area contributed by atoms with Crippen LogP contribution < -0.4 is 19.5 Å². The summed E-state index contributed by atoms with van der Waals surface area (Å²) in [5.41, 5.74) is 0.415. The van der Waals surface area contributed by atoms with Crippen LogP contribution in [0.1, 0.15) is 13.8 Å². The average molecular weight is 423 g/mol. The molecule has 9 heteroatoms. The van der Waals surface area contributed by atoms with E-state index in [0.29, 0.717) is 36.1 Å². The number of likely N-dealkylation sites (N-methyl/N-ethyl adjacent to an activating group) is 1. The summed E-state index contributed by atoms with van der Waals surface area (Å²) in [7, 11) is -0.984. The van der Waals surface area contributed by atoms with Crippen LogP contribution in [0.3, 0.4) is 0 Å². The molecule has 1 amide bonds. The zero-order chi connectivity index (χ0) is 21.4. The summed E-state index contributed by atoms with van der Waals surface area (Å²) < 4.78 is 42.4. The standard InChI is InChI=1S/C20H26N2O6S/c1-5-27-16-9-12-19(28-6-2)18(13-16)21-20(23)14-22(3)29(24,25)17-10-7-15(26-4)8-11-17/h7-13H,5-6,14H2,1-4H3,(H,21,23). The molecule has 0 bridgehead atoms. The first-order valence-corrected chi connectivity index (χ1v) is 10.6. The van der Waals surface area contributed by atoms with Crippen LogP contribution in [0.15, 0.2) is 47.4 Å². The summed E-state index contributed by atoms with van der Waals surface area (Å²) in [5, 5.41) is 2.70. The Morgan fingerprint density at radius 2 is 1.62 bits per heavy atom. The topological polar surface area (TPSA) is 94.2 Å². The average Bonchev–Trinajstić information content (AvgIpc) is 2.70. The second kappa shape index (κ2) is 10.1. The Hall–Kier alpha value is -2.78. The van der Waals surface area contributed by atoms with Crippen molar-refractivity contribution in [3.63, 3.8) is 0 Å². The van der Waals surface area contributed by atoms with E-state index < -0.39 is 15.9 Å². The lowest BCUT2D eigenvalue weighted by Crippen LogP contribution is -2.35. The van der Waals surface area contributed by atoms with E-state index in [-0.39, 0.29) is 11.4 Å². The third-order valence-electron chi connectivity index (χ3n) is 3.97. The van der Waals surface area contributed by atoms with Gasteiger partial charge in [0, 0.05) is 13.1 Å². The van der Waals surface area contributed by atoms with Crippen molar-refractivity contribution in [3.05, 3.63) is 42.5 Å². The highest BCUT2D eigenvalue weighted by Crippen LogP contribution is 2.29. The number of hydrogen-bond donors (Lipinski definition) is 1. The molecular weight excluding hydrogens is 396 g/mol. The molecule has 158 valence electrons. The number of amides is 1. The van der Waals surface area contributed by atoms with Crippen molar-refractivity contribution in [2.24, 2.45) is 0 Å². The normalized spacial score (nSPS) is 11.2. The van der Waals surface area contributed by atoms with E-state index in [1.54, 1.807) is 30.3 Å². The van der Waals surface area contributed by atoms with E-state index in [1.807, 2.05) is 13.8 Å². The van der Waals surface area contributed by atoms with Gasteiger partial charge < -0.3 is 19.5 Å². The third-order valence-corrected chi connectivity index (χ3v) is 5.79. The summed E-state index contributed by atoms with van der Waals surface area (Å²) >= 11 is 0. The predicted octanol–water partition coefficient (Wildman–Crippen LogP) is 2.75. The molecule has 1 N–H and O–H groups in total. The molecule has 0 fully saturated rings. The Bertz CT molecular complexity index is 928. The maximum Gasteiger partial charge on any atom is 0.243 e. The van der Waals surface area contributed by atoms with Gasteiger partial charge in [-0.15, -0.1) is 0 Å². The second-order valence-electron chi connectivity index (χ2n) is 6.01. The number of hydrogen-bond acceptors (Lipinski definition) is 6. The van der Waals surface area contributed by atoms with Crippen molar-refractivity contribution in [1.82, 2.24) is 4.31 Å². The van der Waals surface area contributed by atoms with Crippen LogP contribution in [-0.4, -0.2) is 52.5 Å². The van der Waals surface area contributed by atoms with E-state index in [4.69, 9.17) is 14.2 Å². The molecule has 2 rings (SSSR count). The fourth-order valence-electron chi connectivity index (χ4n) is 2.55. The molecule has 0 saturated carbocycles. The van der Waals surface area contributed by atoms with E-state index in [2.05, 4.69) is 5.32 Å². The Balaban J connectivity index is 2.13. The van der Waals surface area contributed by atoms with Gasteiger partial charge in [-0.2, -0.15) is 4.31 Å². The molecule has 8 nitrogen and oxygen atoms in total. The van der Waals surface area contributed by atoms with Crippen LogP contribution in [0.25, 0.3) is 0 Å². The van der Waals surface area contributed by atoms with Gasteiger partial charge in [-0.25, -0.2) is 8.42 Å². The zero-order valence-corrected chi connectivity index (χ0v) is 17.8. The lowest BCUT2D eigenvalue weighted by Gasteiger charge is -2.18. The van der Waals surface area contributed by atoms with Gasteiger partial charge in [0.05, 0.1) is 37.5 Å². The molecule has 2 aromatic carbocycles. The molecule has 2 aromatic rings. The minimum absolute atomic E-state index is 0.0712. The van der Waals surface area contributed by atoms with Crippen molar-refractivity contribution in [2.45, 2.75) is 18.7 Å². The van der Waals surface area contributed by atoms with Crippen molar-refractivity contribution in [2.75, 3.05) is 39.2 Å². The van der Waals surface area contributed by atoms with E-state index in [1.165, 1.54) is 26.3 Å². The van der Waals surface area contributed by atoms with Crippen LogP contribution in [0.5, 0.6) is 17.2 Å². The van der Waals surface area contributed by atoms with Crippen LogP contribution in [0, 0.1) is 0 Å². The fourth-order valence-corrected chi connectivity index (χ4v) is 3.68. The van der Waals surface area contributed by atoms with Crippen molar-refractivity contribution < 1.29 is 27.4 Å². The van der Waals surface area contributed by atoms with Gasteiger partial charge in [0.2, 0.25) is 15.9 Å². The van der Waals surface area contributed by atoms with E-state index in [0.717, 1.165) is 4.31 Å². The summed E-state index contributed by atoms with van der Waals surface area (Å²) in [6.07, 6.45) is 0. The SMILES string of the molecule is CCOc1ccc(OCC)c(NC(=O)CN(C)S(=O)(=O)c2ccc(OC)cc2)c1. The zero-order valence-electron chi connectivity index (χ0n) is 17.0. The van der Waals surface area contributed by atoms with Crippen molar-refractivity contribution in [1.29, 1.82) is 0 Å².